The number of hydrogen-bond acceptors (Lipinski definition) is 4. The van der Waals surface area contributed by atoms with Gasteiger partial charge in [-0.3, -0.25) is 0 Å². The van der Waals surface area contributed by atoms with Gasteiger partial charge in [0.15, 0.2) is 5.96 Å². The summed E-state index contributed by atoms with van der Waals surface area (Å²) in [6.07, 6.45) is 4.70. The standard InChI is InChI=1S/C21H30N6O.HI/c1-3-22-21(25-18-8-6-12-27-20(18)24-15(2)26-27)23-13-17-7-4-5-9-19(17)28-14-16-10-11-16;/h4-5,7,9,16,18H,3,6,8,10-14H2,1-2H3,(H2,22,23,25);1H. The number of halogens is 1. The SMILES string of the molecule is CCNC(=NCc1ccccc1OCC1CC1)NC1CCCn2nc(C)nc21.I. The van der Waals surface area contributed by atoms with Crippen molar-refractivity contribution < 1.29 is 4.74 Å². The van der Waals surface area contributed by atoms with E-state index in [9.17, 15) is 0 Å². The van der Waals surface area contributed by atoms with Gasteiger partial charge in [0, 0.05) is 18.7 Å². The fourth-order valence-corrected chi connectivity index (χ4v) is 3.52. The number of ether oxygens (including phenoxy) is 1. The van der Waals surface area contributed by atoms with Crippen molar-refractivity contribution in [3.05, 3.63) is 41.5 Å². The Balaban J connectivity index is 0.00000240. The van der Waals surface area contributed by atoms with Gasteiger partial charge in [-0.1, -0.05) is 18.2 Å². The zero-order chi connectivity index (χ0) is 19.3. The summed E-state index contributed by atoms with van der Waals surface area (Å²) in [5.74, 6) is 4.32. The molecule has 0 spiro atoms. The lowest BCUT2D eigenvalue weighted by Crippen LogP contribution is -2.41. The van der Waals surface area contributed by atoms with Crippen molar-refractivity contribution in [2.45, 2.75) is 58.7 Å². The lowest BCUT2D eigenvalue weighted by Gasteiger charge is -2.25. The van der Waals surface area contributed by atoms with Crippen LogP contribution in [0, 0.1) is 12.8 Å². The monoisotopic (exact) mass is 510 g/mol. The number of fused-ring (bicyclic) bond motifs is 1. The first-order valence-electron chi connectivity index (χ1n) is 10.4. The van der Waals surface area contributed by atoms with E-state index in [1.165, 1.54) is 12.8 Å². The van der Waals surface area contributed by atoms with E-state index in [1.54, 1.807) is 0 Å². The molecule has 8 heteroatoms. The van der Waals surface area contributed by atoms with E-state index in [0.717, 1.165) is 67.4 Å². The predicted octanol–water partition coefficient (Wildman–Crippen LogP) is 3.58. The van der Waals surface area contributed by atoms with Gasteiger partial charge in [0.25, 0.3) is 0 Å². The molecule has 1 unspecified atom stereocenters. The van der Waals surface area contributed by atoms with Crippen molar-refractivity contribution in [2.24, 2.45) is 10.9 Å². The molecular formula is C21H31IN6O. The Morgan fingerprint density at radius 2 is 2.10 bits per heavy atom. The Morgan fingerprint density at radius 1 is 1.28 bits per heavy atom. The van der Waals surface area contributed by atoms with Crippen LogP contribution in [0.2, 0.25) is 0 Å². The summed E-state index contributed by atoms with van der Waals surface area (Å²) in [6.45, 7) is 7.17. The van der Waals surface area contributed by atoms with Crippen LogP contribution in [0.3, 0.4) is 0 Å². The molecule has 2 heterocycles. The number of para-hydroxylation sites is 1. The van der Waals surface area contributed by atoms with Crippen molar-refractivity contribution >= 4 is 29.9 Å². The fourth-order valence-electron chi connectivity index (χ4n) is 3.52. The minimum absolute atomic E-state index is 0. The van der Waals surface area contributed by atoms with Crippen molar-refractivity contribution in [2.75, 3.05) is 13.2 Å². The second-order valence-corrected chi connectivity index (χ2v) is 7.64. The number of benzene rings is 1. The number of aryl methyl sites for hydroxylation is 2. The summed E-state index contributed by atoms with van der Waals surface area (Å²) < 4.78 is 8.04. The van der Waals surface area contributed by atoms with Gasteiger partial charge in [0.1, 0.15) is 17.4 Å². The summed E-state index contributed by atoms with van der Waals surface area (Å²) in [4.78, 5) is 9.43. The smallest absolute Gasteiger partial charge is 0.192 e. The highest BCUT2D eigenvalue weighted by Gasteiger charge is 2.24. The van der Waals surface area contributed by atoms with E-state index < -0.39 is 0 Å². The molecule has 4 rings (SSSR count). The Morgan fingerprint density at radius 3 is 2.90 bits per heavy atom. The van der Waals surface area contributed by atoms with Gasteiger partial charge in [-0.25, -0.2) is 14.7 Å². The third-order valence-corrected chi connectivity index (χ3v) is 5.19. The molecule has 0 amide bonds. The van der Waals surface area contributed by atoms with E-state index in [-0.39, 0.29) is 30.0 Å². The molecule has 1 atom stereocenters. The van der Waals surface area contributed by atoms with Gasteiger partial charge in [0.05, 0.1) is 19.2 Å². The first-order chi connectivity index (χ1) is 13.7. The maximum absolute atomic E-state index is 6.02. The summed E-state index contributed by atoms with van der Waals surface area (Å²) >= 11 is 0. The lowest BCUT2D eigenvalue weighted by atomic mass is 10.1. The van der Waals surface area contributed by atoms with Crippen LogP contribution in [0.25, 0.3) is 0 Å². The van der Waals surface area contributed by atoms with E-state index in [2.05, 4.69) is 33.7 Å². The molecule has 1 aliphatic heterocycles. The maximum atomic E-state index is 6.02. The van der Waals surface area contributed by atoms with Crippen molar-refractivity contribution in [1.82, 2.24) is 25.4 Å². The molecule has 2 aliphatic rings. The molecule has 7 nitrogen and oxygen atoms in total. The number of nitrogens with one attached hydrogen (secondary N) is 2. The zero-order valence-electron chi connectivity index (χ0n) is 17.2. The molecule has 1 aliphatic carbocycles. The fraction of sp³-hybridized carbons (Fsp3) is 0.571. The van der Waals surface area contributed by atoms with E-state index in [4.69, 9.17) is 9.73 Å². The van der Waals surface area contributed by atoms with E-state index in [0.29, 0.717) is 6.54 Å². The van der Waals surface area contributed by atoms with Crippen molar-refractivity contribution in [3.63, 3.8) is 0 Å². The van der Waals surface area contributed by atoms with Crippen LogP contribution < -0.4 is 15.4 Å². The van der Waals surface area contributed by atoms with Gasteiger partial charge >= 0.3 is 0 Å². The highest BCUT2D eigenvalue weighted by molar-refractivity contribution is 14.0. The molecule has 2 N–H and O–H groups in total. The second kappa shape index (κ2) is 10.3. The first-order valence-corrected chi connectivity index (χ1v) is 10.4. The molecule has 1 fully saturated rings. The number of nitrogens with zero attached hydrogens (tertiary/aromatic N) is 4. The van der Waals surface area contributed by atoms with Crippen LogP contribution >= 0.6 is 24.0 Å². The Kier molecular flexibility index (Phi) is 7.74. The third kappa shape index (κ3) is 5.83. The molecule has 2 aromatic rings. The van der Waals surface area contributed by atoms with Crippen LogP contribution in [-0.2, 0) is 13.1 Å². The Bertz CT molecular complexity index is 832. The molecule has 1 saturated carbocycles. The minimum Gasteiger partial charge on any atom is -0.493 e. The summed E-state index contributed by atoms with van der Waals surface area (Å²) in [5.41, 5.74) is 1.11. The average molecular weight is 510 g/mol. The summed E-state index contributed by atoms with van der Waals surface area (Å²) in [5, 5.41) is 11.4. The van der Waals surface area contributed by atoms with Gasteiger partial charge in [-0.15, -0.1) is 24.0 Å². The number of hydrogen-bond donors (Lipinski definition) is 2. The molecular weight excluding hydrogens is 479 g/mol. The molecule has 29 heavy (non-hydrogen) atoms. The normalized spacial score (nSPS) is 18.6. The Labute approximate surface area is 189 Å². The third-order valence-electron chi connectivity index (χ3n) is 5.19. The molecule has 1 aromatic heterocycles. The first kappa shape index (κ1) is 21.9. The van der Waals surface area contributed by atoms with Crippen LogP contribution in [0.1, 0.15) is 55.9 Å². The maximum Gasteiger partial charge on any atom is 0.192 e. The van der Waals surface area contributed by atoms with Crippen molar-refractivity contribution in [1.29, 1.82) is 0 Å². The largest absolute Gasteiger partial charge is 0.493 e. The summed E-state index contributed by atoms with van der Waals surface area (Å²) in [6, 6.07) is 8.34. The van der Waals surface area contributed by atoms with Crippen molar-refractivity contribution in [3.8, 4) is 5.75 Å². The lowest BCUT2D eigenvalue weighted by molar-refractivity contribution is 0.297. The number of rotatable bonds is 7. The highest BCUT2D eigenvalue weighted by Crippen LogP contribution is 2.30. The molecule has 0 bridgehead atoms. The molecule has 0 radical (unpaired) electrons. The number of aliphatic imine (C=N–C) groups is 1. The molecule has 1 aromatic carbocycles. The van der Waals surface area contributed by atoms with Crippen LogP contribution in [-0.4, -0.2) is 33.9 Å². The highest BCUT2D eigenvalue weighted by atomic mass is 127. The van der Waals surface area contributed by atoms with Gasteiger partial charge in [0.2, 0.25) is 0 Å². The molecule has 0 saturated heterocycles. The quantitative estimate of drug-likeness (QED) is 0.339. The second-order valence-electron chi connectivity index (χ2n) is 7.64. The van der Waals surface area contributed by atoms with Gasteiger partial charge in [-0.2, -0.15) is 5.10 Å². The number of guanidine groups is 1. The van der Waals surface area contributed by atoms with E-state index in [1.807, 2.05) is 29.8 Å². The zero-order valence-corrected chi connectivity index (χ0v) is 19.6. The van der Waals surface area contributed by atoms with Gasteiger partial charge in [-0.05, 0) is 51.5 Å². The summed E-state index contributed by atoms with van der Waals surface area (Å²) in [7, 11) is 0. The van der Waals surface area contributed by atoms with E-state index >= 15 is 0 Å². The van der Waals surface area contributed by atoms with Crippen LogP contribution in [0.4, 0.5) is 0 Å². The number of aromatic nitrogens is 3. The minimum atomic E-state index is 0. The van der Waals surface area contributed by atoms with Crippen LogP contribution in [0.15, 0.2) is 29.3 Å². The van der Waals surface area contributed by atoms with Crippen LogP contribution in [0.5, 0.6) is 5.75 Å². The topological polar surface area (TPSA) is 76.4 Å². The average Bonchev–Trinajstić information content (AvgIpc) is 3.44. The predicted molar refractivity (Wildman–Crippen MR) is 125 cm³/mol. The van der Waals surface area contributed by atoms with Gasteiger partial charge < -0.3 is 15.4 Å². The Hall–Kier alpha value is -1.84. The molecule has 158 valence electrons.